The van der Waals surface area contributed by atoms with E-state index in [1.807, 2.05) is 0 Å². The van der Waals surface area contributed by atoms with E-state index in [4.69, 9.17) is 0 Å². The van der Waals surface area contributed by atoms with Crippen molar-refractivity contribution in [3.63, 3.8) is 0 Å². The highest BCUT2D eigenvalue weighted by molar-refractivity contribution is 5.78. The maximum absolute atomic E-state index is 12.4. The van der Waals surface area contributed by atoms with Gasteiger partial charge in [-0.05, 0) is 38.0 Å². The van der Waals surface area contributed by atoms with Crippen LogP contribution in [0.1, 0.15) is 57.8 Å². The van der Waals surface area contributed by atoms with Gasteiger partial charge in [0.2, 0.25) is 5.91 Å². The molecular weight excluding hydrogens is 210 g/mol. The summed E-state index contributed by atoms with van der Waals surface area (Å²) in [6.07, 6.45) is 15.5. The lowest BCUT2D eigenvalue weighted by molar-refractivity contribution is -0.134. The minimum atomic E-state index is 0.435. The Kier molecular flexibility index (Phi) is 3.21. The summed E-state index contributed by atoms with van der Waals surface area (Å²) in [7, 11) is 0. The highest BCUT2D eigenvalue weighted by Gasteiger charge is 2.37. The minimum absolute atomic E-state index is 0.435. The summed E-state index contributed by atoms with van der Waals surface area (Å²) in [6, 6.07) is 0.964. The monoisotopic (exact) mass is 233 g/mol. The quantitative estimate of drug-likeness (QED) is 0.670. The molecule has 0 aromatic heterocycles. The van der Waals surface area contributed by atoms with Crippen LogP contribution in [0.25, 0.3) is 0 Å². The van der Waals surface area contributed by atoms with Crippen LogP contribution in [0.2, 0.25) is 0 Å². The molecule has 2 aliphatic heterocycles. The van der Waals surface area contributed by atoms with Gasteiger partial charge in [0.05, 0.1) is 6.04 Å². The maximum atomic E-state index is 12.4. The molecule has 2 nitrogen and oxygen atoms in total. The van der Waals surface area contributed by atoms with Crippen LogP contribution < -0.4 is 0 Å². The summed E-state index contributed by atoms with van der Waals surface area (Å²) in [5.74, 6) is 1.12. The molecule has 2 heteroatoms. The predicted octanol–water partition coefficient (Wildman–Crippen LogP) is 3.28. The molecule has 94 valence electrons. The third-order valence-electron chi connectivity index (χ3n) is 4.79. The molecule has 0 aromatic rings. The van der Waals surface area contributed by atoms with Crippen molar-refractivity contribution in [3.8, 4) is 0 Å². The Labute approximate surface area is 104 Å². The van der Waals surface area contributed by atoms with Crippen LogP contribution in [0.3, 0.4) is 0 Å². The second-order valence-corrected chi connectivity index (χ2v) is 5.97. The van der Waals surface area contributed by atoms with Gasteiger partial charge in [0, 0.05) is 12.5 Å². The minimum Gasteiger partial charge on any atom is -0.333 e. The third-order valence-corrected chi connectivity index (χ3v) is 4.79. The van der Waals surface area contributed by atoms with E-state index in [9.17, 15) is 4.79 Å². The second kappa shape index (κ2) is 4.83. The van der Waals surface area contributed by atoms with E-state index in [1.54, 1.807) is 0 Å². The number of carbonyl (C=O) groups excluding carboxylic acids is 1. The predicted molar refractivity (Wildman–Crippen MR) is 68.6 cm³/mol. The second-order valence-electron chi connectivity index (χ2n) is 5.97. The van der Waals surface area contributed by atoms with E-state index in [-0.39, 0.29) is 0 Å². The standard InChI is InChI=1S/C15H23NO/c17-15(11-12-5-2-1-3-6-12)16-13-7-4-8-14(16)10-9-13/h4,7,12-14H,1-3,5-6,8-11H2. The zero-order chi connectivity index (χ0) is 11.7. The molecule has 1 aliphatic carbocycles. The Morgan fingerprint density at radius 1 is 1.12 bits per heavy atom. The molecule has 0 spiro atoms. The molecule has 1 saturated heterocycles. The third kappa shape index (κ3) is 2.27. The maximum Gasteiger partial charge on any atom is 0.223 e. The molecule has 2 bridgehead atoms. The van der Waals surface area contributed by atoms with Crippen molar-refractivity contribution < 1.29 is 4.79 Å². The fourth-order valence-corrected chi connectivity index (χ4v) is 3.86. The topological polar surface area (TPSA) is 20.3 Å². The molecule has 0 aromatic carbocycles. The van der Waals surface area contributed by atoms with E-state index in [1.165, 1.54) is 44.9 Å². The Bertz CT molecular complexity index is 317. The number of hydrogen-bond donors (Lipinski definition) is 0. The Morgan fingerprint density at radius 3 is 2.71 bits per heavy atom. The molecule has 0 N–H and O–H groups in total. The molecule has 1 saturated carbocycles. The molecule has 1 amide bonds. The average Bonchev–Trinajstić information content (AvgIpc) is 2.61. The number of carbonyl (C=O) groups is 1. The first-order valence-electron chi connectivity index (χ1n) is 7.32. The van der Waals surface area contributed by atoms with Gasteiger partial charge in [-0.3, -0.25) is 4.79 Å². The molecule has 2 unspecified atom stereocenters. The van der Waals surface area contributed by atoms with Gasteiger partial charge < -0.3 is 4.90 Å². The van der Waals surface area contributed by atoms with Gasteiger partial charge in [-0.15, -0.1) is 0 Å². The summed E-state index contributed by atoms with van der Waals surface area (Å²) < 4.78 is 0. The number of hydrogen-bond acceptors (Lipinski definition) is 1. The first-order valence-corrected chi connectivity index (χ1v) is 7.32. The molecule has 17 heavy (non-hydrogen) atoms. The van der Waals surface area contributed by atoms with Crippen molar-refractivity contribution in [2.24, 2.45) is 5.92 Å². The van der Waals surface area contributed by atoms with Crippen LogP contribution in [0.15, 0.2) is 12.2 Å². The first-order chi connectivity index (χ1) is 8.34. The SMILES string of the molecule is O=C(CC1CCCCC1)N1C2C=CCC1CC2. The Morgan fingerprint density at radius 2 is 1.94 bits per heavy atom. The molecule has 2 fully saturated rings. The summed E-state index contributed by atoms with van der Waals surface area (Å²) >= 11 is 0. The van der Waals surface area contributed by atoms with E-state index in [2.05, 4.69) is 17.1 Å². The summed E-state index contributed by atoms with van der Waals surface area (Å²) in [4.78, 5) is 14.6. The van der Waals surface area contributed by atoms with E-state index in [0.717, 1.165) is 12.8 Å². The lowest BCUT2D eigenvalue weighted by Gasteiger charge is -2.33. The van der Waals surface area contributed by atoms with Crippen LogP contribution in [0.5, 0.6) is 0 Å². The van der Waals surface area contributed by atoms with Gasteiger partial charge in [0.25, 0.3) is 0 Å². The highest BCUT2D eigenvalue weighted by atomic mass is 16.2. The average molecular weight is 233 g/mol. The molecule has 0 radical (unpaired) electrons. The molecule has 3 rings (SSSR count). The Balaban J connectivity index is 1.60. The zero-order valence-electron chi connectivity index (χ0n) is 10.6. The summed E-state index contributed by atoms with van der Waals surface area (Å²) in [5.41, 5.74) is 0. The van der Waals surface area contributed by atoms with E-state index < -0.39 is 0 Å². The van der Waals surface area contributed by atoms with Crippen LogP contribution in [-0.2, 0) is 4.79 Å². The fourth-order valence-electron chi connectivity index (χ4n) is 3.86. The normalized spacial score (nSPS) is 33.1. The fraction of sp³-hybridized carbons (Fsp3) is 0.800. The van der Waals surface area contributed by atoms with Gasteiger partial charge in [0.15, 0.2) is 0 Å². The number of rotatable bonds is 2. The summed E-state index contributed by atoms with van der Waals surface area (Å²) in [5, 5.41) is 0. The lowest BCUT2D eigenvalue weighted by atomic mass is 9.86. The lowest BCUT2D eigenvalue weighted by Crippen LogP contribution is -2.42. The van der Waals surface area contributed by atoms with Crippen LogP contribution in [0.4, 0.5) is 0 Å². The zero-order valence-corrected chi connectivity index (χ0v) is 10.6. The van der Waals surface area contributed by atoms with Gasteiger partial charge in [-0.1, -0.05) is 31.4 Å². The smallest absolute Gasteiger partial charge is 0.223 e. The van der Waals surface area contributed by atoms with Crippen molar-refractivity contribution in [2.45, 2.75) is 69.9 Å². The van der Waals surface area contributed by atoms with Gasteiger partial charge >= 0.3 is 0 Å². The molecule has 2 heterocycles. The van der Waals surface area contributed by atoms with Crippen molar-refractivity contribution in [1.82, 2.24) is 4.90 Å². The highest BCUT2D eigenvalue weighted by Crippen LogP contribution is 2.34. The molecule has 2 atom stereocenters. The van der Waals surface area contributed by atoms with E-state index >= 15 is 0 Å². The summed E-state index contributed by atoms with van der Waals surface area (Å²) in [6.45, 7) is 0. The first kappa shape index (κ1) is 11.3. The van der Waals surface area contributed by atoms with Crippen LogP contribution in [-0.4, -0.2) is 22.9 Å². The number of nitrogens with zero attached hydrogens (tertiary/aromatic N) is 1. The molecule has 3 aliphatic rings. The van der Waals surface area contributed by atoms with Crippen LogP contribution >= 0.6 is 0 Å². The van der Waals surface area contributed by atoms with Crippen molar-refractivity contribution in [2.75, 3.05) is 0 Å². The number of fused-ring (bicyclic) bond motifs is 2. The van der Waals surface area contributed by atoms with Gasteiger partial charge in [-0.25, -0.2) is 0 Å². The van der Waals surface area contributed by atoms with Crippen LogP contribution in [0, 0.1) is 5.92 Å². The van der Waals surface area contributed by atoms with Gasteiger partial charge in [-0.2, -0.15) is 0 Å². The Hall–Kier alpha value is -0.790. The van der Waals surface area contributed by atoms with Gasteiger partial charge in [0.1, 0.15) is 0 Å². The van der Waals surface area contributed by atoms with Crippen molar-refractivity contribution in [3.05, 3.63) is 12.2 Å². The van der Waals surface area contributed by atoms with Crippen molar-refractivity contribution >= 4 is 5.91 Å². The number of amides is 1. The van der Waals surface area contributed by atoms with E-state index in [0.29, 0.717) is 23.9 Å². The van der Waals surface area contributed by atoms with Crippen molar-refractivity contribution in [1.29, 1.82) is 0 Å². The molecular formula is C15H23NO. The largest absolute Gasteiger partial charge is 0.333 e.